The number of nitrogens with one attached hydrogen (secondary N) is 3. The van der Waals surface area contributed by atoms with E-state index in [1.807, 2.05) is 43.3 Å². The maximum Gasteiger partial charge on any atom is 0.240 e. The fraction of sp³-hybridized carbons (Fsp3) is 0.318. The summed E-state index contributed by atoms with van der Waals surface area (Å²) in [5.74, 6) is 1.39. The number of fused-ring (bicyclic) bond motifs is 1. The highest BCUT2D eigenvalue weighted by Gasteiger charge is 2.15. The number of ether oxygens (including phenoxy) is 1. The lowest BCUT2D eigenvalue weighted by Gasteiger charge is -2.16. The molecule has 0 radical (unpaired) electrons. The average molecular weight is 445 g/mol. The first-order chi connectivity index (χ1) is 14.9. The van der Waals surface area contributed by atoms with Crippen molar-refractivity contribution in [3.8, 4) is 0 Å². The number of nitrogens with zero attached hydrogens (tertiary/aromatic N) is 1. The van der Waals surface area contributed by atoms with Gasteiger partial charge in [0, 0.05) is 32.6 Å². The number of hydrogen-bond donors (Lipinski definition) is 3. The molecule has 2 aromatic carbocycles. The van der Waals surface area contributed by atoms with Crippen LogP contribution in [0.5, 0.6) is 0 Å². The van der Waals surface area contributed by atoms with E-state index >= 15 is 0 Å². The Kier molecular flexibility index (Phi) is 7.67. The molecule has 0 aliphatic rings. The predicted octanol–water partition coefficient (Wildman–Crippen LogP) is 2.78. The highest BCUT2D eigenvalue weighted by molar-refractivity contribution is 7.89. The van der Waals surface area contributed by atoms with E-state index in [-0.39, 0.29) is 17.5 Å². The van der Waals surface area contributed by atoms with Crippen molar-refractivity contribution in [3.63, 3.8) is 0 Å². The minimum Gasteiger partial charge on any atom is -0.459 e. The van der Waals surface area contributed by atoms with Crippen LogP contribution in [0.3, 0.4) is 0 Å². The molecule has 1 aromatic heterocycles. The van der Waals surface area contributed by atoms with Gasteiger partial charge in [-0.2, -0.15) is 0 Å². The lowest BCUT2D eigenvalue weighted by molar-refractivity contribution is 0.204. The van der Waals surface area contributed by atoms with Crippen LogP contribution in [0.25, 0.3) is 11.0 Å². The molecule has 0 fully saturated rings. The Morgan fingerprint density at radius 2 is 1.97 bits per heavy atom. The van der Waals surface area contributed by atoms with Crippen LogP contribution >= 0.6 is 0 Å². The number of aliphatic imine (C=N–C) groups is 1. The van der Waals surface area contributed by atoms with Crippen LogP contribution in [0, 0.1) is 0 Å². The van der Waals surface area contributed by atoms with Crippen LogP contribution < -0.4 is 15.4 Å². The number of para-hydroxylation sites is 1. The van der Waals surface area contributed by atoms with Crippen LogP contribution in [0.1, 0.15) is 24.3 Å². The van der Waals surface area contributed by atoms with Gasteiger partial charge in [-0.15, -0.1) is 0 Å². The molecule has 9 heteroatoms. The van der Waals surface area contributed by atoms with Gasteiger partial charge in [0.25, 0.3) is 0 Å². The molecule has 8 nitrogen and oxygen atoms in total. The molecule has 1 heterocycles. The topological polar surface area (TPSA) is 105 Å². The molecule has 0 aliphatic heterocycles. The predicted molar refractivity (Wildman–Crippen MR) is 121 cm³/mol. The summed E-state index contributed by atoms with van der Waals surface area (Å²) in [5.41, 5.74) is 1.65. The molecule has 0 bridgehead atoms. The summed E-state index contributed by atoms with van der Waals surface area (Å²) < 4.78 is 38.1. The number of sulfonamides is 1. The molecule has 0 amide bonds. The van der Waals surface area contributed by atoms with Gasteiger partial charge in [-0.3, -0.25) is 4.99 Å². The molecule has 3 rings (SSSR count). The second kappa shape index (κ2) is 10.4. The highest BCUT2D eigenvalue weighted by atomic mass is 32.2. The Bertz CT molecular complexity index is 1110. The molecule has 3 N–H and O–H groups in total. The van der Waals surface area contributed by atoms with Crippen molar-refractivity contribution < 1.29 is 17.6 Å². The molecule has 0 saturated heterocycles. The molecule has 1 unspecified atom stereocenters. The minimum atomic E-state index is -3.58. The van der Waals surface area contributed by atoms with Gasteiger partial charge in [0.2, 0.25) is 10.0 Å². The number of methoxy groups -OCH3 is 1. The van der Waals surface area contributed by atoms with Crippen molar-refractivity contribution in [2.24, 2.45) is 4.99 Å². The summed E-state index contributed by atoms with van der Waals surface area (Å²) in [6, 6.07) is 16.5. The van der Waals surface area contributed by atoms with E-state index in [1.54, 1.807) is 25.2 Å². The van der Waals surface area contributed by atoms with Crippen molar-refractivity contribution in [1.82, 2.24) is 15.4 Å². The summed E-state index contributed by atoms with van der Waals surface area (Å²) in [6.45, 7) is 2.93. The lowest BCUT2D eigenvalue weighted by atomic mass is 10.2. The van der Waals surface area contributed by atoms with Crippen molar-refractivity contribution in [2.45, 2.75) is 24.4 Å². The zero-order valence-electron chi connectivity index (χ0n) is 17.9. The monoisotopic (exact) mass is 444 g/mol. The Morgan fingerprint density at radius 1 is 1.16 bits per heavy atom. The summed E-state index contributed by atoms with van der Waals surface area (Å²) in [4.78, 5) is 4.46. The van der Waals surface area contributed by atoms with Crippen LogP contribution in [0.15, 0.2) is 68.9 Å². The van der Waals surface area contributed by atoms with Gasteiger partial charge in [0.05, 0.1) is 17.5 Å². The lowest BCUT2D eigenvalue weighted by Crippen LogP contribution is -2.38. The van der Waals surface area contributed by atoms with Gasteiger partial charge in [0.1, 0.15) is 11.3 Å². The number of rotatable bonds is 9. The van der Waals surface area contributed by atoms with Crippen molar-refractivity contribution in [1.29, 1.82) is 0 Å². The largest absolute Gasteiger partial charge is 0.459 e. The molecule has 3 aromatic rings. The maximum atomic E-state index is 12.4. The van der Waals surface area contributed by atoms with E-state index in [0.717, 1.165) is 22.3 Å². The van der Waals surface area contributed by atoms with E-state index < -0.39 is 10.0 Å². The normalized spacial score (nSPS) is 13.3. The Balaban J connectivity index is 1.61. The molecule has 166 valence electrons. The van der Waals surface area contributed by atoms with E-state index in [4.69, 9.17) is 9.15 Å². The zero-order valence-corrected chi connectivity index (χ0v) is 18.7. The molecular formula is C22H28N4O4S. The quantitative estimate of drug-likeness (QED) is 0.266. The van der Waals surface area contributed by atoms with Gasteiger partial charge in [-0.05, 0) is 36.8 Å². The van der Waals surface area contributed by atoms with Gasteiger partial charge in [0.15, 0.2) is 5.96 Å². The second-order valence-corrected chi connectivity index (χ2v) is 8.78. The first-order valence-electron chi connectivity index (χ1n) is 9.96. The number of guanidine groups is 1. The number of hydrogen-bond acceptors (Lipinski definition) is 5. The summed E-state index contributed by atoms with van der Waals surface area (Å²) in [5, 5.41) is 7.55. The third kappa shape index (κ3) is 6.06. The Hall–Kier alpha value is -2.88. The molecule has 0 aliphatic carbocycles. The fourth-order valence-electron chi connectivity index (χ4n) is 3.06. The highest BCUT2D eigenvalue weighted by Crippen LogP contribution is 2.23. The molecule has 1 atom stereocenters. The van der Waals surface area contributed by atoms with Crippen molar-refractivity contribution >= 4 is 27.0 Å². The zero-order chi connectivity index (χ0) is 22.3. The molecular weight excluding hydrogens is 416 g/mol. The van der Waals surface area contributed by atoms with Gasteiger partial charge in [-0.25, -0.2) is 13.1 Å². The minimum absolute atomic E-state index is 0.102. The van der Waals surface area contributed by atoms with Gasteiger partial charge < -0.3 is 19.8 Å². The van der Waals surface area contributed by atoms with Crippen LogP contribution in [0.4, 0.5) is 0 Å². The van der Waals surface area contributed by atoms with Gasteiger partial charge >= 0.3 is 0 Å². The standard InChI is InChI=1S/C22H28N4O4S/c1-16(21-14-18-8-4-5-10-20(18)30-21)26-22(23-2)24-15-17-7-6-9-19(13-17)31(27,28)25-11-12-29-3/h4-10,13-14,16,25H,11-12,15H2,1-3H3,(H2,23,24,26). The average Bonchev–Trinajstić information content (AvgIpc) is 3.21. The van der Waals surface area contributed by atoms with Crippen LogP contribution in [-0.2, 0) is 21.3 Å². The summed E-state index contributed by atoms with van der Waals surface area (Å²) >= 11 is 0. The maximum absolute atomic E-state index is 12.4. The molecule has 31 heavy (non-hydrogen) atoms. The first-order valence-corrected chi connectivity index (χ1v) is 11.4. The van der Waals surface area contributed by atoms with Gasteiger partial charge in [-0.1, -0.05) is 30.3 Å². The molecule has 0 saturated carbocycles. The SMILES string of the molecule is CN=C(NCc1cccc(S(=O)(=O)NCCOC)c1)NC(C)c1cc2ccccc2o1. The fourth-order valence-corrected chi connectivity index (χ4v) is 4.14. The van der Waals surface area contributed by atoms with Crippen molar-refractivity contribution in [2.75, 3.05) is 27.3 Å². The third-order valence-corrected chi connectivity index (χ3v) is 6.17. The first kappa shape index (κ1) is 22.8. The second-order valence-electron chi connectivity index (χ2n) is 7.02. The number of benzene rings is 2. The smallest absolute Gasteiger partial charge is 0.240 e. The third-order valence-electron chi connectivity index (χ3n) is 4.72. The van der Waals surface area contributed by atoms with E-state index in [1.165, 1.54) is 7.11 Å². The van der Waals surface area contributed by atoms with E-state index in [9.17, 15) is 8.42 Å². The van der Waals surface area contributed by atoms with Crippen LogP contribution in [0.2, 0.25) is 0 Å². The van der Waals surface area contributed by atoms with E-state index in [2.05, 4.69) is 20.3 Å². The van der Waals surface area contributed by atoms with E-state index in [0.29, 0.717) is 19.1 Å². The Labute approximate surface area is 182 Å². The van der Waals surface area contributed by atoms with Crippen LogP contribution in [-0.4, -0.2) is 41.7 Å². The number of furan rings is 1. The molecule has 0 spiro atoms. The summed E-state index contributed by atoms with van der Waals surface area (Å²) in [7, 11) is -0.377. The van der Waals surface area contributed by atoms with Crippen molar-refractivity contribution in [3.05, 3.63) is 65.9 Å². The summed E-state index contributed by atoms with van der Waals surface area (Å²) in [6.07, 6.45) is 0. The Morgan fingerprint density at radius 3 is 2.71 bits per heavy atom.